The van der Waals surface area contributed by atoms with Crippen LogP contribution in [0.25, 0.3) is 0 Å². The number of rotatable bonds is 4. The summed E-state index contributed by atoms with van der Waals surface area (Å²) in [4.78, 5) is 0. The molecule has 0 amide bonds. The van der Waals surface area contributed by atoms with Crippen LogP contribution in [0.4, 0.5) is 4.39 Å². The van der Waals surface area contributed by atoms with Crippen LogP contribution in [0.3, 0.4) is 0 Å². The molecule has 0 radical (unpaired) electrons. The fourth-order valence-electron chi connectivity index (χ4n) is 3.01. The molecule has 1 nitrogen and oxygen atoms in total. The lowest BCUT2D eigenvalue weighted by molar-refractivity contribution is 0.274. The summed E-state index contributed by atoms with van der Waals surface area (Å²) in [5, 5.41) is 3.53. The van der Waals surface area contributed by atoms with Gasteiger partial charge in [-0.25, -0.2) is 4.39 Å². The lowest BCUT2D eigenvalue weighted by Gasteiger charge is -2.27. The minimum atomic E-state index is -0.141. The van der Waals surface area contributed by atoms with Gasteiger partial charge in [0.15, 0.2) is 0 Å². The Kier molecular flexibility index (Phi) is 4.76. The molecule has 0 aliphatic heterocycles. The Hall–Kier alpha value is -0.890. The molecular weight excluding hydrogens is 225 g/mol. The molecule has 1 aromatic carbocycles. The Bertz CT molecular complexity index is 389. The second-order valence-corrected chi connectivity index (χ2v) is 5.84. The van der Waals surface area contributed by atoms with Gasteiger partial charge >= 0.3 is 0 Å². The van der Waals surface area contributed by atoms with Crippen LogP contribution in [0.2, 0.25) is 0 Å². The predicted octanol–water partition coefficient (Wildman–Crippen LogP) is 4.05. The van der Waals surface area contributed by atoms with Gasteiger partial charge in [-0.1, -0.05) is 25.8 Å². The summed E-state index contributed by atoms with van der Waals surface area (Å²) in [6.45, 7) is 6.29. The summed E-state index contributed by atoms with van der Waals surface area (Å²) in [5.41, 5.74) is 2.25. The van der Waals surface area contributed by atoms with Gasteiger partial charge in [-0.2, -0.15) is 0 Å². The van der Waals surface area contributed by atoms with E-state index >= 15 is 0 Å². The number of hydrogen-bond donors (Lipinski definition) is 1. The van der Waals surface area contributed by atoms with E-state index in [1.165, 1.54) is 31.2 Å². The van der Waals surface area contributed by atoms with Crippen LogP contribution in [0, 0.1) is 24.6 Å². The number of benzene rings is 1. The van der Waals surface area contributed by atoms with Crippen LogP contribution >= 0.6 is 0 Å². The van der Waals surface area contributed by atoms with E-state index < -0.39 is 0 Å². The first-order valence-electron chi connectivity index (χ1n) is 7.11. The van der Waals surface area contributed by atoms with Crippen LogP contribution in [0.1, 0.15) is 43.7 Å². The molecule has 0 saturated heterocycles. The zero-order chi connectivity index (χ0) is 13.0. The predicted molar refractivity (Wildman–Crippen MR) is 74.0 cm³/mol. The molecule has 100 valence electrons. The molecule has 2 atom stereocenters. The molecule has 0 spiro atoms. The maximum Gasteiger partial charge on any atom is 0.123 e. The van der Waals surface area contributed by atoms with E-state index in [-0.39, 0.29) is 5.82 Å². The molecule has 2 rings (SSSR count). The Labute approximate surface area is 110 Å². The van der Waals surface area contributed by atoms with Crippen molar-refractivity contribution in [1.29, 1.82) is 0 Å². The van der Waals surface area contributed by atoms with Gasteiger partial charge in [0, 0.05) is 6.54 Å². The highest BCUT2D eigenvalue weighted by Crippen LogP contribution is 2.27. The highest BCUT2D eigenvalue weighted by atomic mass is 19.1. The van der Waals surface area contributed by atoms with Gasteiger partial charge in [0.05, 0.1) is 0 Å². The molecule has 2 unspecified atom stereocenters. The standard InChI is InChI=1S/C16H24FN/c1-12-4-3-5-14(8-12)10-18-11-15-6-7-16(17)9-13(15)2/h6-7,9,12,14,18H,3-5,8,10-11H2,1-2H3. The fourth-order valence-corrected chi connectivity index (χ4v) is 3.01. The first-order valence-corrected chi connectivity index (χ1v) is 7.11. The van der Waals surface area contributed by atoms with Crippen molar-refractivity contribution in [2.75, 3.05) is 6.54 Å². The van der Waals surface area contributed by atoms with E-state index in [4.69, 9.17) is 0 Å². The van der Waals surface area contributed by atoms with E-state index in [9.17, 15) is 4.39 Å². The molecule has 0 heterocycles. The van der Waals surface area contributed by atoms with E-state index in [0.29, 0.717) is 0 Å². The molecule has 2 heteroatoms. The van der Waals surface area contributed by atoms with Gasteiger partial charge in [-0.15, -0.1) is 0 Å². The SMILES string of the molecule is Cc1cc(F)ccc1CNCC1CCCC(C)C1. The van der Waals surface area contributed by atoms with Crippen molar-refractivity contribution < 1.29 is 4.39 Å². The number of halogens is 1. The van der Waals surface area contributed by atoms with Crippen LogP contribution in [-0.4, -0.2) is 6.54 Å². The van der Waals surface area contributed by atoms with Gasteiger partial charge in [-0.05, 0) is 61.4 Å². The van der Waals surface area contributed by atoms with Crippen LogP contribution in [-0.2, 0) is 6.54 Å². The highest BCUT2D eigenvalue weighted by molar-refractivity contribution is 5.26. The average Bonchev–Trinajstić information content (AvgIpc) is 2.32. The second kappa shape index (κ2) is 6.33. The maximum absolute atomic E-state index is 13.0. The summed E-state index contributed by atoms with van der Waals surface area (Å²) in [7, 11) is 0. The van der Waals surface area contributed by atoms with Crippen molar-refractivity contribution in [1.82, 2.24) is 5.32 Å². The van der Waals surface area contributed by atoms with Crippen molar-refractivity contribution in [3.05, 3.63) is 35.1 Å². The minimum absolute atomic E-state index is 0.141. The van der Waals surface area contributed by atoms with Crippen molar-refractivity contribution in [2.24, 2.45) is 11.8 Å². The summed E-state index contributed by atoms with van der Waals surface area (Å²) in [5.74, 6) is 1.57. The number of aryl methyl sites for hydroxylation is 1. The topological polar surface area (TPSA) is 12.0 Å². The summed E-state index contributed by atoms with van der Waals surface area (Å²) in [6.07, 6.45) is 5.49. The molecule has 1 fully saturated rings. The molecule has 1 aliphatic rings. The minimum Gasteiger partial charge on any atom is -0.312 e. The van der Waals surface area contributed by atoms with Gasteiger partial charge in [0.25, 0.3) is 0 Å². The van der Waals surface area contributed by atoms with Crippen LogP contribution < -0.4 is 5.32 Å². The first kappa shape index (κ1) is 13.5. The zero-order valence-electron chi connectivity index (χ0n) is 11.5. The lowest BCUT2D eigenvalue weighted by Crippen LogP contribution is -2.26. The number of nitrogens with one attached hydrogen (secondary N) is 1. The summed E-state index contributed by atoms with van der Waals surface area (Å²) >= 11 is 0. The molecule has 0 aromatic heterocycles. The monoisotopic (exact) mass is 249 g/mol. The van der Waals surface area contributed by atoms with Gasteiger partial charge in [0.1, 0.15) is 5.82 Å². The van der Waals surface area contributed by atoms with E-state index in [1.54, 1.807) is 12.1 Å². The quantitative estimate of drug-likeness (QED) is 0.849. The van der Waals surface area contributed by atoms with E-state index in [0.717, 1.165) is 30.5 Å². The molecule has 0 bridgehead atoms. The van der Waals surface area contributed by atoms with Crippen molar-refractivity contribution >= 4 is 0 Å². The van der Waals surface area contributed by atoms with Crippen LogP contribution in [0.5, 0.6) is 0 Å². The smallest absolute Gasteiger partial charge is 0.123 e. The Morgan fingerprint density at radius 3 is 2.89 bits per heavy atom. The molecule has 1 aliphatic carbocycles. The summed E-state index contributed by atoms with van der Waals surface area (Å²) < 4.78 is 13.0. The molecule has 18 heavy (non-hydrogen) atoms. The fraction of sp³-hybridized carbons (Fsp3) is 0.625. The number of hydrogen-bond acceptors (Lipinski definition) is 1. The van der Waals surface area contributed by atoms with Crippen LogP contribution in [0.15, 0.2) is 18.2 Å². The van der Waals surface area contributed by atoms with Gasteiger partial charge in [-0.3, -0.25) is 0 Å². The van der Waals surface area contributed by atoms with E-state index in [2.05, 4.69) is 12.2 Å². The Morgan fingerprint density at radius 2 is 2.17 bits per heavy atom. The first-order chi connectivity index (χ1) is 8.65. The Balaban J connectivity index is 1.77. The van der Waals surface area contributed by atoms with E-state index in [1.807, 2.05) is 13.0 Å². The van der Waals surface area contributed by atoms with Crippen molar-refractivity contribution in [2.45, 2.75) is 46.1 Å². The normalized spacial score (nSPS) is 24.2. The molecule has 1 aromatic rings. The highest BCUT2D eigenvalue weighted by Gasteiger charge is 2.18. The van der Waals surface area contributed by atoms with Gasteiger partial charge < -0.3 is 5.32 Å². The summed E-state index contributed by atoms with van der Waals surface area (Å²) in [6, 6.07) is 5.05. The zero-order valence-corrected chi connectivity index (χ0v) is 11.5. The van der Waals surface area contributed by atoms with Gasteiger partial charge in [0.2, 0.25) is 0 Å². The lowest BCUT2D eigenvalue weighted by atomic mass is 9.82. The maximum atomic E-state index is 13.0. The Morgan fingerprint density at radius 1 is 1.33 bits per heavy atom. The second-order valence-electron chi connectivity index (χ2n) is 5.84. The molecular formula is C16H24FN. The molecule has 1 N–H and O–H groups in total. The van der Waals surface area contributed by atoms with Crippen molar-refractivity contribution in [3.8, 4) is 0 Å². The largest absolute Gasteiger partial charge is 0.312 e. The third-order valence-electron chi connectivity index (χ3n) is 4.10. The third kappa shape index (κ3) is 3.81. The third-order valence-corrected chi connectivity index (χ3v) is 4.10. The molecule has 1 saturated carbocycles. The average molecular weight is 249 g/mol. The van der Waals surface area contributed by atoms with Crippen molar-refractivity contribution in [3.63, 3.8) is 0 Å².